The number of amides is 1. The first-order valence-corrected chi connectivity index (χ1v) is 5.01. The molecular formula is C12H15F2NO. The summed E-state index contributed by atoms with van der Waals surface area (Å²) in [5.74, 6) is -1.27. The SMILES string of the molecule is CC(C)(C)c1ccccc1NC(=O)C(F)F. The highest BCUT2D eigenvalue weighted by molar-refractivity contribution is 5.93. The van der Waals surface area contributed by atoms with Crippen LogP contribution >= 0.6 is 0 Å². The van der Waals surface area contributed by atoms with E-state index in [1.807, 2.05) is 32.9 Å². The average molecular weight is 227 g/mol. The number of hydrogen-bond donors (Lipinski definition) is 1. The zero-order valence-electron chi connectivity index (χ0n) is 9.55. The monoisotopic (exact) mass is 227 g/mol. The summed E-state index contributed by atoms with van der Waals surface area (Å²) < 4.78 is 24.3. The highest BCUT2D eigenvalue weighted by Crippen LogP contribution is 2.29. The van der Waals surface area contributed by atoms with Gasteiger partial charge in [-0.2, -0.15) is 8.78 Å². The normalized spacial score (nSPS) is 11.6. The van der Waals surface area contributed by atoms with E-state index in [0.29, 0.717) is 5.69 Å². The minimum Gasteiger partial charge on any atom is -0.321 e. The minimum atomic E-state index is -2.99. The summed E-state index contributed by atoms with van der Waals surface area (Å²) in [7, 11) is 0. The lowest BCUT2D eigenvalue weighted by molar-refractivity contribution is -0.126. The molecule has 0 atom stereocenters. The first-order valence-electron chi connectivity index (χ1n) is 5.01. The Morgan fingerprint density at radius 2 is 1.81 bits per heavy atom. The van der Waals surface area contributed by atoms with Crippen LogP contribution in [0.3, 0.4) is 0 Å². The Morgan fingerprint density at radius 3 is 2.31 bits per heavy atom. The first kappa shape index (κ1) is 12.6. The lowest BCUT2D eigenvalue weighted by atomic mass is 9.86. The molecule has 0 radical (unpaired) electrons. The first-order chi connectivity index (χ1) is 7.32. The molecule has 1 amide bonds. The molecule has 88 valence electrons. The lowest BCUT2D eigenvalue weighted by Gasteiger charge is -2.22. The van der Waals surface area contributed by atoms with E-state index in [9.17, 15) is 13.6 Å². The molecule has 0 unspecified atom stereocenters. The molecule has 4 heteroatoms. The van der Waals surface area contributed by atoms with Crippen molar-refractivity contribution in [3.63, 3.8) is 0 Å². The zero-order valence-corrected chi connectivity index (χ0v) is 9.55. The second-order valence-electron chi connectivity index (χ2n) is 4.59. The van der Waals surface area contributed by atoms with Gasteiger partial charge in [-0.15, -0.1) is 0 Å². The summed E-state index contributed by atoms with van der Waals surface area (Å²) in [5.41, 5.74) is 1.08. The fourth-order valence-electron chi connectivity index (χ4n) is 1.43. The van der Waals surface area contributed by atoms with Crippen molar-refractivity contribution in [3.05, 3.63) is 29.8 Å². The molecule has 2 nitrogen and oxygen atoms in total. The second-order valence-corrected chi connectivity index (χ2v) is 4.59. The van der Waals surface area contributed by atoms with E-state index in [1.165, 1.54) is 0 Å². The van der Waals surface area contributed by atoms with E-state index in [1.54, 1.807) is 12.1 Å². The number of anilines is 1. The summed E-state index contributed by atoms with van der Waals surface area (Å²) in [4.78, 5) is 10.9. The highest BCUT2D eigenvalue weighted by Gasteiger charge is 2.21. The molecule has 16 heavy (non-hydrogen) atoms. The number of nitrogens with one attached hydrogen (secondary N) is 1. The van der Waals surface area contributed by atoms with Gasteiger partial charge >= 0.3 is 6.43 Å². The average Bonchev–Trinajstić information content (AvgIpc) is 2.16. The molecule has 1 N–H and O–H groups in total. The van der Waals surface area contributed by atoms with Gasteiger partial charge in [0.15, 0.2) is 0 Å². The Kier molecular flexibility index (Phi) is 3.62. The summed E-state index contributed by atoms with van der Waals surface area (Å²) in [6.07, 6.45) is -2.99. The van der Waals surface area contributed by atoms with E-state index < -0.39 is 12.3 Å². The van der Waals surface area contributed by atoms with Crippen molar-refractivity contribution in [1.82, 2.24) is 0 Å². The standard InChI is InChI=1S/C12H15F2NO/c1-12(2,3)8-6-4-5-7-9(8)15-11(16)10(13)14/h4-7,10H,1-3H3,(H,15,16). The van der Waals surface area contributed by atoms with Crippen molar-refractivity contribution in [2.24, 2.45) is 0 Å². The molecular weight excluding hydrogens is 212 g/mol. The Balaban J connectivity index is 3.01. The Morgan fingerprint density at radius 1 is 1.25 bits per heavy atom. The summed E-state index contributed by atoms with van der Waals surface area (Å²) in [6, 6.07) is 6.97. The summed E-state index contributed by atoms with van der Waals surface area (Å²) >= 11 is 0. The molecule has 0 saturated heterocycles. The second kappa shape index (κ2) is 4.60. The van der Waals surface area contributed by atoms with Gasteiger partial charge in [0.05, 0.1) is 0 Å². The number of benzene rings is 1. The molecule has 0 saturated carbocycles. The van der Waals surface area contributed by atoms with Gasteiger partial charge in [0.2, 0.25) is 0 Å². The molecule has 1 aromatic carbocycles. The van der Waals surface area contributed by atoms with Gasteiger partial charge in [-0.3, -0.25) is 4.79 Å². The summed E-state index contributed by atoms with van der Waals surface area (Å²) in [6.45, 7) is 5.88. The zero-order chi connectivity index (χ0) is 12.3. The van der Waals surface area contributed by atoms with Crippen LogP contribution in [-0.2, 0) is 10.2 Å². The van der Waals surface area contributed by atoms with Gasteiger partial charge in [-0.1, -0.05) is 39.0 Å². The number of alkyl halides is 2. The Bertz CT molecular complexity index is 383. The van der Waals surface area contributed by atoms with E-state index in [0.717, 1.165) is 5.56 Å². The van der Waals surface area contributed by atoms with Crippen LogP contribution in [-0.4, -0.2) is 12.3 Å². The number of hydrogen-bond acceptors (Lipinski definition) is 1. The number of carbonyl (C=O) groups is 1. The quantitative estimate of drug-likeness (QED) is 0.826. The number of carbonyl (C=O) groups excluding carboxylic acids is 1. The van der Waals surface area contributed by atoms with Gasteiger partial charge in [0.25, 0.3) is 5.91 Å². The van der Waals surface area contributed by atoms with Crippen LogP contribution in [0.25, 0.3) is 0 Å². The molecule has 0 bridgehead atoms. The molecule has 0 aromatic heterocycles. The molecule has 0 fully saturated rings. The maximum Gasteiger partial charge on any atom is 0.315 e. The molecule has 1 rings (SSSR count). The van der Waals surface area contributed by atoms with Crippen LogP contribution in [0, 0.1) is 0 Å². The maximum absolute atomic E-state index is 12.1. The van der Waals surface area contributed by atoms with E-state index >= 15 is 0 Å². The summed E-state index contributed by atoms with van der Waals surface area (Å²) in [5, 5.41) is 2.23. The van der Waals surface area contributed by atoms with Crippen LogP contribution < -0.4 is 5.32 Å². The van der Waals surface area contributed by atoms with E-state index in [2.05, 4.69) is 5.32 Å². The molecule has 0 spiro atoms. The van der Waals surface area contributed by atoms with Gasteiger partial charge in [-0.25, -0.2) is 0 Å². The van der Waals surface area contributed by atoms with Crippen LogP contribution in [0.15, 0.2) is 24.3 Å². The minimum absolute atomic E-state index is 0.202. The van der Waals surface area contributed by atoms with Crippen LogP contribution in [0.2, 0.25) is 0 Å². The van der Waals surface area contributed by atoms with Gasteiger partial charge in [0, 0.05) is 5.69 Å². The van der Waals surface area contributed by atoms with Crippen molar-refractivity contribution in [3.8, 4) is 0 Å². The molecule has 0 aliphatic carbocycles. The van der Waals surface area contributed by atoms with E-state index in [4.69, 9.17) is 0 Å². The number of halogens is 2. The van der Waals surface area contributed by atoms with Gasteiger partial charge in [-0.05, 0) is 17.0 Å². The Hall–Kier alpha value is -1.45. The predicted molar refractivity (Wildman–Crippen MR) is 59.8 cm³/mol. The fourth-order valence-corrected chi connectivity index (χ4v) is 1.43. The van der Waals surface area contributed by atoms with Crippen molar-refractivity contribution in [1.29, 1.82) is 0 Å². The largest absolute Gasteiger partial charge is 0.321 e. The predicted octanol–water partition coefficient (Wildman–Crippen LogP) is 3.19. The number of rotatable bonds is 2. The van der Waals surface area contributed by atoms with Crippen molar-refractivity contribution in [2.75, 3.05) is 5.32 Å². The third-order valence-electron chi connectivity index (χ3n) is 2.19. The van der Waals surface area contributed by atoms with Crippen molar-refractivity contribution in [2.45, 2.75) is 32.6 Å². The van der Waals surface area contributed by atoms with Gasteiger partial charge < -0.3 is 5.32 Å². The van der Waals surface area contributed by atoms with Crippen LogP contribution in [0.1, 0.15) is 26.3 Å². The van der Waals surface area contributed by atoms with Crippen LogP contribution in [0.4, 0.5) is 14.5 Å². The third kappa shape index (κ3) is 3.02. The molecule has 1 aromatic rings. The van der Waals surface area contributed by atoms with Crippen molar-refractivity contribution < 1.29 is 13.6 Å². The maximum atomic E-state index is 12.1. The fraction of sp³-hybridized carbons (Fsp3) is 0.417. The third-order valence-corrected chi connectivity index (χ3v) is 2.19. The topological polar surface area (TPSA) is 29.1 Å². The molecule has 0 aliphatic heterocycles. The van der Waals surface area contributed by atoms with Gasteiger partial charge in [0.1, 0.15) is 0 Å². The van der Waals surface area contributed by atoms with Crippen molar-refractivity contribution >= 4 is 11.6 Å². The Labute approximate surface area is 93.7 Å². The highest BCUT2D eigenvalue weighted by atomic mass is 19.3. The van der Waals surface area contributed by atoms with Crippen LogP contribution in [0.5, 0.6) is 0 Å². The molecule has 0 aliphatic rings. The molecule has 0 heterocycles. The lowest BCUT2D eigenvalue weighted by Crippen LogP contribution is -2.23. The van der Waals surface area contributed by atoms with E-state index in [-0.39, 0.29) is 5.41 Å². The smallest absolute Gasteiger partial charge is 0.315 e. The number of para-hydroxylation sites is 1.